The van der Waals surface area contributed by atoms with Gasteiger partial charge in [0.1, 0.15) is 0 Å². The third kappa shape index (κ3) is 5.89. The summed E-state index contributed by atoms with van der Waals surface area (Å²) in [7, 11) is 0. The van der Waals surface area contributed by atoms with Crippen LogP contribution in [-0.4, -0.2) is 19.2 Å². The second-order valence-electron chi connectivity index (χ2n) is 4.18. The molecule has 90 valence electrons. The fourth-order valence-corrected chi connectivity index (χ4v) is 1.68. The van der Waals surface area contributed by atoms with Crippen LogP contribution in [0.5, 0.6) is 0 Å². The van der Waals surface area contributed by atoms with E-state index >= 15 is 0 Å². The Kier molecular flexibility index (Phi) is 6.86. The molecule has 0 spiro atoms. The fraction of sp³-hybridized carbons (Fsp3) is 0.571. The van der Waals surface area contributed by atoms with Crippen molar-refractivity contribution in [1.82, 2.24) is 5.32 Å². The van der Waals surface area contributed by atoms with E-state index in [0.29, 0.717) is 12.6 Å². The Morgan fingerprint density at radius 3 is 2.69 bits per heavy atom. The lowest BCUT2D eigenvalue weighted by Crippen LogP contribution is -2.29. The summed E-state index contributed by atoms with van der Waals surface area (Å²) in [4.78, 5) is 0. The number of ether oxygens (including phenoxy) is 1. The molecule has 0 saturated heterocycles. The van der Waals surface area contributed by atoms with Crippen LogP contribution in [0.2, 0.25) is 0 Å². The van der Waals surface area contributed by atoms with Gasteiger partial charge in [-0.2, -0.15) is 0 Å². The highest BCUT2D eigenvalue weighted by Gasteiger charge is 1.98. The lowest BCUT2D eigenvalue weighted by atomic mass is 10.2. The molecule has 16 heavy (non-hydrogen) atoms. The highest BCUT2D eigenvalue weighted by molar-refractivity contribution is 5.13. The normalized spacial score (nSPS) is 12.6. The molecule has 0 radical (unpaired) electrons. The van der Waals surface area contributed by atoms with Crippen LogP contribution in [-0.2, 0) is 11.3 Å². The van der Waals surface area contributed by atoms with E-state index in [4.69, 9.17) is 4.74 Å². The first-order valence-electron chi connectivity index (χ1n) is 6.18. The Balaban J connectivity index is 2.00. The minimum atomic E-state index is 0.602. The van der Waals surface area contributed by atoms with Gasteiger partial charge in [-0.3, -0.25) is 0 Å². The summed E-state index contributed by atoms with van der Waals surface area (Å²) in [6.07, 6.45) is 2.47. The molecule has 1 rings (SSSR count). The molecule has 0 aliphatic rings. The summed E-state index contributed by atoms with van der Waals surface area (Å²) >= 11 is 0. The minimum Gasteiger partial charge on any atom is -0.375 e. The average molecular weight is 221 g/mol. The number of hydrogen-bond donors (Lipinski definition) is 1. The van der Waals surface area contributed by atoms with Crippen molar-refractivity contribution in [3.63, 3.8) is 0 Å². The number of rotatable bonds is 8. The molecule has 0 aromatic heterocycles. The molecule has 2 heteroatoms. The van der Waals surface area contributed by atoms with Crippen LogP contribution in [0, 0.1) is 0 Å². The molecule has 0 aliphatic heterocycles. The standard InChI is InChI=1S/C14H23NO/c1-3-7-13(2)15-10-11-16-12-14-8-5-4-6-9-14/h4-6,8-9,13,15H,3,7,10-12H2,1-2H3. The van der Waals surface area contributed by atoms with E-state index in [2.05, 4.69) is 31.3 Å². The third-order valence-corrected chi connectivity index (χ3v) is 2.57. The van der Waals surface area contributed by atoms with Crippen molar-refractivity contribution in [2.75, 3.05) is 13.2 Å². The van der Waals surface area contributed by atoms with Gasteiger partial charge in [-0.1, -0.05) is 43.7 Å². The summed E-state index contributed by atoms with van der Waals surface area (Å²) in [6.45, 7) is 6.87. The van der Waals surface area contributed by atoms with E-state index in [-0.39, 0.29) is 0 Å². The highest BCUT2D eigenvalue weighted by Crippen LogP contribution is 2.00. The van der Waals surface area contributed by atoms with Crippen LogP contribution in [0.15, 0.2) is 30.3 Å². The zero-order chi connectivity index (χ0) is 11.6. The second kappa shape index (κ2) is 8.31. The van der Waals surface area contributed by atoms with E-state index in [9.17, 15) is 0 Å². The maximum atomic E-state index is 5.59. The Bertz CT molecular complexity index is 261. The number of hydrogen-bond acceptors (Lipinski definition) is 2. The largest absolute Gasteiger partial charge is 0.375 e. The molecule has 2 nitrogen and oxygen atoms in total. The lowest BCUT2D eigenvalue weighted by Gasteiger charge is -2.12. The van der Waals surface area contributed by atoms with Crippen molar-refractivity contribution >= 4 is 0 Å². The lowest BCUT2D eigenvalue weighted by molar-refractivity contribution is 0.121. The van der Waals surface area contributed by atoms with Crippen LogP contribution < -0.4 is 5.32 Å². The van der Waals surface area contributed by atoms with Gasteiger partial charge in [-0.05, 0) is 18.9 Å². The van der Waals surface area contributed by atoms with Crippen LogP contribution in [0.1, 0.15) is 32.3 Å². The Labute approximate surface area is 99.0 Å². The molecule has 1 atom stereocenters. The smallest absolute Gasteiger partial charge is 0.0717 e. The maximum Gasteiger partial charge on any atom is 0.0717 e. The molecular weight excluding hydrogens is 198 g/mol. The second-order valence-corrected chi connectivity index (χ2v) is 4.18. The summed E-state index contributed by atoms with van der Waals surface area (Å²) in [6, 6.07) is 10.9. The summed E-state index contributed by atoms with van der Waals surface area (Å²) in [5.41, 5.74) is 1.24. The molecule has 0 heterocycles. The van der Waals surface area contributed by atoms with Gasteiger partial charge < -0.3 is 10.1 Å². The molecule has 1 aromatic carbocycles. The van der Waals surface area contributed by atoms with E-state index in [1.807, 2.05) is 18.2 Å². The topological polar surface area (TPSA) is 21.3 Å². The van der Waals surface area contributed by atoms with Crippen molar-refractivity contribution in [3.05, 3.63) is 35.9 Å². The SMILES string of the molecule is CCCC(C)NCCOCc1ccccc1. The van der Waals surface area contributed by atoms with E-state index < -0.39 is 0 Å². The average Bonchev–Trinajstić information content (AvgIpc) is 2.30. The quantitative estimate of drug-likeness (QED) is 0.681. The molecule has 0 bridgehead atoms. The van der Waals surface area contributed by atoms with Crippen LogP contribution >= 0.6 is 0 Å². The molecule has 1 unspecified atom stereocenters. The Hall–Kier alpha value is -0.860. The first kappa shape index (κ1) is 13.2. The monoisotopic (exact) mass is 221 g/mol. The summed E-state index contributed by atoms with van der Waals surface area (Å²) in [5.74, 6) is 0. The zero-order valence-electron chi connectivity index (χ0n) is 10.4. The molecular formula is C14H23NO. The van der Waals surface area contributed by atoms with E-state index in [0.717, 1.165) is 13.2 Å². The van der Waals surface area contributed by atoms with Crippen molar-refractivity contribution in [2.24, 2.45) is 0 Å². The molecule has 1 N–H and O–H groups in total. The van der Waals surface area contributed by atoms with Gasteiger partial charge in [-0.15, -0.1) is 0 Å². The highest BCUT2D eigenvalue weighted by atomic mass is 16.5. The molecule has 1 aromatic rings. The van der Waals surface area contributed by atoms with Gasteiger partial charge in [0, 0.05) is 12.6 Å². The fourth-order valence-electron chi connectivity index (χ4n) is 1.68. The Morgan fingerprint density at radius 1 is 1.25 bits per heavy atom. The van der Waals surface area contributed by atoms with Crippen LogP contribution in [0.25, 0.3) is 0 Å². The molecule has 0 amide bonds. The summed E-state index contributed by atoms with van der Waals surface area (Å²) in [5, 5.41) is 3.44. The van der Waals surface area contributed by atoms with Gasteiger partial charge in [-0.25, -0.2) is 0 Å². The number of nitrogens with one attached hydrogen (secondary N) is 1. The van der Waals surface area contributed by atoms with Gasteiger partial charge in [0.25, 0.3) is 0 Å². The summed E-state index contributed by atoms with van der Waals surface area (Å²) < 4.78 is 5.59. The first-order valence-corrected chi connectivity index (χ1v) is 6.18. The maximum absolute atomic E-state index is 5.59. The van der Waals surface area contributed by atoms with Crippen molar-refractivity contribution < 1.29 is 4.74 Å². The molecule has 0 saturated carbocycles. The van der Waals surface area contributed by atoms with Crippen LogP contribution in [0.4, 0.5) is 0 Å². The predicted molar refractivity (Wildman–Crippen MR) is 68.5 cm³/mol. The van der Waals surface area contributed by atoms with E-state index in [1.54, 1.807) is 0 Å². The van der Waals surface area contributed by atoms with Crippen molar-refractivity contribution in [1.29, 1.82) is 0 Å². The molecule has 0 aliphatic carbocycles. The molecule has 0 fully saturated rings. The first-order chi connectivity index (χ1) is 7.83. The zero-order valence-corrected chi connectivity index (χ0v) is 10.4. The van der Waals surface area contributed by atoms with Gasteiger partial charge >= 0.3 is 0 Å². The minimum absolute atomic E-state index is 0.602. The van der Waals surface area contributed by atoms with E-state index in [1.165, 1.54) is 18.4 Å². The number of benzene rings is 1. The predicted octanol–water partition coefficient (Wildman–Crippen LogP) is 2.98. The van der Waals surface area contributed by atoms with Gasteiger partial charge in [0.2, 0.25) is 0 Å². The van der Waals surface area contributed by atoms with Crippen molar-refractivity contribution in [3.8, 4) is 0 Å². The Morgan fingerprint density at radius 2 is 2.00 bits per heavy atom. The van der Waals surface area contributed by atoms with Gasteiger partial charge in [0.15, 0.2) is 0 Å². The van der Waals surface area contributed by atoms with Gasteiger partial charge in [0.05, 0.1) is 13.2 Å². The third-order valence-electron chi connectivity index (χ3n) is 2.57. The van der Waals surface area contributed by atoms with Crippen molar-refractivity contribution in [2.45, 2.75) is 39.3 Å². The van der Waals surface area contributed by atoms with Crippen LogP contribution in [0.3, 0.4) is 0 Å².